The van der Waals surface area contributed by atoms with Gasteiger partial charge in [-0.05, 0) is 12.1 Å². The van der Waals surface area contributed by atoms with Gasteiger partial charge in [-0.25, -0.2) is 0 Å². The van der Waals surface area contributed by atoms with Gasteiger partial charge in [0.15, 0.2) is 0 Å². The zero-order valence-corrected chi connectivity index (χ0v) is 11.2. The van der Waals surface area contributed by atoms with Crippen molar-refractivity contribution in [3.05, 3.63) is 47.9 Å². The van der Waals surface area contributed by atoms with E-state index in [0.717, 1.165) is 22.6 Å². The van der Waals surface area contributed by atoms with Crippen LogP contribution < -0.4 is 9.47 Å². The Morgan fingerprint density at radius 3 is 2.59 bits per heavy atom. The van der Waals surface area contributed by atoms with Crippen molar-refractivity contribution in [1.82, 2.24) is 0 Å². The summed E-state index contributed by atoms with van der Waals surface area (Å²) in [5.74, 6) is 1.56. The summed E-state index contributed by atoms with van der Waals surface area (Å²) >= 11 is 3.63. The maximum atomic E-state index is 5.37. The number of furan rings is 1. The SMILES string of the molecule is COc1ccc(C(Br)c2ccoc2)c(OC)c1. The van der Waals surface area contributed by atoms with Crippen LogP contribution in [0.2, 0.25) is 0 Å². The van der Waals surface area contributed by atoms with Crippen molar-refractivity contribution < 1.29 is 13.9 Å². The highest BCUT2D eigenvalue weighted by molar-refractivity contribution is 9.09. The molecule has 0 fully saturated rings. The van der Waals surface area contributed by atoms with E-state index in [1.54, 1.807) is 26.7 Å². The molecule has 2 aromatic rings. The number of methoxy groups -OCH3 is 2. The van der Waals surface area contributed by atoms with E-state index < -0.39 is 0 Å². The van der Waals surface area contributed by atoms with Gasteiger partial charge < -0.3 is 13.9 Å². The number of hydrogen-bond donors (Lipinski definition) is 0. The summed E-state index contributed by atoms with van der Waals surface area (Å²) in [6, 6.07) is 7.67. The second-order valence-electron chi connectivity index (χ2n) is 3.53. The first kappa shape index (κ1) is 12.0. The Bertz CT molecular complexity index is 479. The van der Waals surface area contributed by atoms with Crippen LogP contribution in [0, 0.1) is 0 Å². The highest BCUT2D eigenvalue weighted by Gasteiger charge is 2.16. The van der Waals surface area contributed by atoms with Crippen LogP contribution in [0.4, 0.5) is 0 Å². The molecule has 0 saturated carbocycles. The van der Waals surface area contributed by atoms with Crippen LogP contribution in [0.25, 0.3) is 0 Å². The molecule has 1 aromatic heterocycles. The summed E-state index contributed by atoms with van der Waals surface area (Å²) in [6.07, 6.45) is 3.36. The largest absolute Gasteiger partial charge is 0.497 e. The van der Waals surface area contributed by atoms with Gasteiger partial charge in [0.1, 0.15) is 11.5 Å². The molecule has 17 heavy (non-hydrogen) atoms. The van der Waals surface area contributed by atoms with Crippen LogP contribution in [0.5, 0.6) is 11.5 Å². The lowest BCUT2D eigenvalue weighted by atomic mass is 10.1. The number of rotatable bonds is 4. The third kappa shape index (κ3) is 2.47. The quantitative estimate of drug-likeness (QED) is 0.805. The molecule has 0 aliphatic carbocycles. The minimum absolute atomic E-state index is 0.0436. The van der Waals surface area contributed by atoms with Gasteiger partial charge in [0.25, 0.3) is 0 Å². The predicted molar refractivity (Wildman–Crippen MR) is 69.0 cm³/mol. The van der Waals surface area contributed by atoms with E-state index in [0.29, 0.717) is 0 Å². The molecule has 0 aliphatic rings. The van der Waals surface area contributed by atoms with Gasteiger partial charge in [-0.3, -0.25) is 0 Å². The molecule has 0 saturated heterocycles. The molecule has 4 heteroatoms. The Hall–Kier alpha value is -1.42. The number of hydrogen-bond acceptors (Lipinski definition) is 3. The van der Waals surface area contributed by atoms with Crippen molar-refractivity contribution in [2.24, 2.45) is 0 Å². The summed E-state index contributed by atoms with van der Waals surface area (Å²) in [6.45, 7) is 0. The first-order chi connectivity index (χ1) is 8.26. The summed E-state index contributed by atoms with van der Waals surface area (Å²) in [4.78, 5) is 0.0436. The van der Waals surface area contributed by atoms with E-state index in [2.05, 4.69) is 15.9 Å². The van der Waals surface area contributed by atoms with Crippen LogP contribution in [-0.4, -0.2) is 14.2 Å². The fourth-order valence-electron chi connectivity index (χ4n) is 1.63. The number of benzene rings is 1. The van der Waals surface area contributed by atoms with Gasteiger partial charge in [0.2, 0.25) is 0 Å². The van der Waals surface area contributed by atoms with Crippen molar-refractivity contribution in [2.45, 2.75) is 4.83 Å². The average Bonchev–Trinajstić information content (AvgIpc) is 2.91. The molecule has 0 aliphatic heterocycles. The molecule has 1 aromatic carbocycles. The van der Waals surface area contributed by atoms with E-state index in [9.17, 15) is 0 Å². The Morgan fingerprint density at radius 1 is 1.18 bits per heavy atom. The Balaban J connectivity index is 2.38. The molecular weight excluding hydrogens is 284 g/mol. The van der Waals surface area contributed by atoms with Crippen LogP contribution >= 0.6 is 15.9 Å². The minimum Gasteiger partial charge on any atom is -0.497 e. The lowest BCUT2D eigenvalue weighted by Gasteiger charge is -2.14. The third-order valence-corrected chi connectivity index (χ3v) is 3.57. The molecule has 90 valence electrons. The fraction of sp³-hybridized carbons (Fsp3) is 0.231. The van der Waals surface area contributed by atoms with Gasteiger partial charge in [0.05, 0.1) is 31.6 Å². The number of halogens is 1. The molecule has 0 bridgehead atoms. The highest BCUT2D eigenvalue weighted by atomic mass is 79.9. The molecule has 0 radical (unpaired) electrons. The van der Waals surface area contributed by atoms with E-state index in [1.165, 1.54) is 0 Å². The van der Waals surface area contributed by atoms with E-state index in [4.69, 9.17) is 13.9 Å². The van der Waals surface area contributed by atoms with Crippen LogP contribution in [0.3, 0.4) is 0 Å². The second kappa shape index (κ2) is 5.27. The lowest BCUT2D eigenvalue weighted by molar-refractivity contribution is 0.391. The topological polar surface area (TPSA) is 31.6 Å². The molecule has 1 heterocycles. The summed E-state index contributed by atoms with van der Waals surface area (Å²) in [5.41, 5.74) is 2.09. The van der Waals surface area contributed by atoms with Crippen molar-refractivity contribution in [3.63, 3.8) is 0 Å². The second-order valence-corrected chi connectivity index (χ2v) is 4.44. The maximum absolute atomic E-state index is 5.37. The molecule has 2 rings (SSSR count). The predicted octanol–water partition coefficient (Wildman–Crippen LogP) is 3.78. The highest BCUT2D eigenvalue weighted by Crippen LogP contribution is 2.38. The molecule has 1 unspecified atom stereocenters. The number of alkyl halides is 1. The maximum Gasteiger partial charge on any atom is 0.127 e. The standard InChI is InChI=1S/C13H13BrO3/c1-15-10-3-4-11(12(7-10)16-2)13(14)9-5-6-17-8-9/h3-8,13H,1-2H3. The Labute approximate surface area is 108 Å². The van der Waals surface area contributed by atoms with Gasteiger partial charge in [0, 0.05) is 17.2 Å². The van der Waals surface area contributed by atoms with Gasteiger partial charge in [-0.15, -0.1) is 0 Å². The molecule has 0 spiro atoms. The van der Waals surface area contributed by atoms with Crippen molar-refractivity contribution in [2.75, 3.05) is 14.2 Å². The smallest absolute Gasteiger partial charge is 0.127 e. The van der Waals surface area contributed by atoms with Gasteiger partial charge >= 0.3 is 0 Å². The van der Waals surface area contributed by atoms with Gasteiger partial charge in [-0.1, -0.05) is 22.0 Å². The van der Waals surface area contributed by atoms with E-state index >= 15 is 0 Å². The first-order valence-corrected chi connectivity index (χ1v) is 6.06. The molecular formula is C13H13BrO3. The summed E-state index contributed by atoms with van der Waals surface area (Å²) in [7, 11) is 3.28. The minimum atomic E-state index is 0.0436. The van der Waals surface area contributed by atoms with Crippen LogP contribution in [0.1, 0.15) is 16.0 Å². The summed E-state index contributed by atoms with van der Waals surface area (Å²) < 4.78 is 15.6. The molecule has 3 nitrogen and oxygen atoms in total. The monoisotopic (exact) mass is 296 g/mol. The zero-order chi connectivity index (χ0) is 12.3. The zero-order valence-electron chi connectivity index (χ0n) is 9.64. The first-order valence-electron chi connectivity index (χ1n) is 5.14. The van der Waals surface area contributed by atoms with Crippen LogP contribution in [-0.2, 0) is 0 Å². The fourth-order valence-corrected chi connectivity index (χ4v) is 2.27. The number of ether oxygens (including phenoxy) is 2. The van der Waals surface area contributed by atoms with Crippen LogP contribution in [0.15, 0.2) is 41.2 Å². The third-order valence-electron chi connectivity index (χ3n) is 2.55. The lowest BCUT2D eigenvalue weighted by Crippen LogP contribution is -1.96. The normalized spacial score (nSPS) is 12.2. The van der Waals surface area contributed by atoms with Crippen molar-refractivity contribution in [1.29, 1.82) is 0 Å². The van der Waals surface area contributed by atoms with Crippen molar-refractivity contribution in [3.8, 4) is 11.5 Å². The van der Waals surface area contributed by atoms with E-state index in [-0.39, 0.29) is 4.83 Å². The van der Waals surface area contributed by atoms with Gasteiger partial charge in [-0.2, -0.15) is 0 Å². The van der Waals surface area contributed by atoms with E-state index in [1.807, 2.05) is 24.3 Å². The average molecular weight is 297 g/mol. The molecule has 1 atom stereocenters. The summed E-state index contributed by atoms with van der Waals surface area (Å²) in [5, 5.41) is 0. The molecule has 0 amide bonds. The molecule has 0 N–H and O–H groups in total. The Morgan fingerprint density at radius 2 is 2.00 bits per heavy atom. The van der Waals surface area contributed by atoms with Crippen molar-refractivity contribution >= 4 is 15.9 Å². The Kier molecular flexibility index (Phi) is 3.74.